The molecule has 0 saturated carbocycles. The second kappa shape index (κ2) is 4.58. The lowest BCUT2D eigenvalue weighted by molar-refractivity contribution is 0.586. The van der Waals surface area contributed by atoms with Gasteiger partial charge in [-0.2, -0.15) is 5.26 Å². The van der Waals surface area contributed by atoms with Crippen molar-refractivity contribution in [2.24, 2.45) is 0 Å². The van der Waals surface area contributed by atoms with Crippen molar-refractivity contribution in [2.45, 2.75) is 0 Å². The minimum atomic E-state index is -0.737. The molecule has 0 aliphatic heterocycles. The first-order valence-corrected chi connectivity index (χ1v) is 4.78. The van der Waals surface area contributed by atoms with Crippen LogP contribution in [0.3, 0.4) is 0 Å². The number of nitrogens with one attached hydrogen (secondary N) is 1. The molecule has 0 unspecified atom stereocenters. The van der Waals surface area contributed by atoms with E-state index in [1.807, 2.05) is 6.07 Å². The molecule has 0 aliphatic rings. The third-order valence-corrected chi connectivity index (χ3v) is 2.11. The van der Waals surface area contributed by atoms with Crippen LogP contribution >= 0.6 is 0 Å². The summed E-state index contributed by atoms with van der Waals surface area (Å²) in [6, 6.07) is 8.22. The highest BCUT2D eigenvalue weighted by molar-refractivity contribution is 5.62. The van der Waals surface area contributed by atoms with E-state index in [4.69, 9.17) is 5.26 Å². The summed E-state index contributed by atoms with van der Waals surface area (Å²) < 4.78 is 26.1. The number of hydrogen-bond acceptors (Lipinski definition) is 3. The lowest BCUT2D eigenvalue weighted by atomic mass is 10.2. The van der Waals surface area contributed by atoms with Crippen LogP contribution in [0.15, 0.2) is 36.5 Å². The molecule has 2 rings (SSSR count). The minimum absolute atomic E-state index is 0.0709. The van der Waals surface area contributed by atoms with Gasteiger partial charge < -0.3 is 5.32 Å². The standard InChI is InChI=1S/C12H7F2N3/c13-9-3-4-11(10(14)6-9)17-12-8(7-15)2-1-5-16-12/h1-6H,(H,16,17). The summed E-state index contributed by atoms with van der Waals surface area (Å²) in [5.41, 5.74) is 0.359. The van der Waals surface area contributed by atoms with E-state index in [1.165, 1.54) is 12.3 Å². The van der Waals surface area contributed by atoms with Gasteiger partial charge in [-0.05, 0) is 24.3 Å². The summed E-state index contributed by atoms with van der Waals surface area (Å²) in [6.45, 7) is 0. The first-order valence-electron chi connectivity index (χ1n) is 4.78. The number of aromatic nitrogens is 1. The zero-order chi connectivity index (χ0) is 12.3. The molecule has 5 heteroatoms. The van der Waals surface area contributed by atoms with Gasteiger partial charge in [-0.1, -0.05) is 0 Å². The Labute approximate surface area is 96.3 Å². The lowest BCUT2D eigenvalue weighted by Crippen LogP contribution is -1.98. The second-order valence-electron chi connectivity index (χ2n) is 3.26. The van der Waals surface area contributed by atoms with Crippen LogP contribution in [0.4, 0.5) is 20.3 Å². The summed E-state index contributed by atoms with van der Waals surface area (Å²) in [5.74, 6) is -1.16. The third-order valence-electron chi connectivity index (χ3n) is 2.11. The maximum Gasteiger partial charge on any atom is 0.149 e. The van der Waals surface area contributed by atoms with Gasteiger partial charge in [0.05, 0.1) is 11.3 Å². The largest absolute Gasteiger partial charge is 0.337 e. The highest BCUT2D eigenvalue weighted by Gasteiger charge is 2.07. The summed E-state index contributed by atoms with van der Waals surface area (Å²) >= 11 is 0. The number of anilines is 2. The summed E-state index contributed by atoms with van der Waals surface area (Å²) in [7, 11) is 0. The molecule has 0 amide bonds. The van der Waals surface area contributed by atoms with Gasteiger partial charge >= 0.3 is 0 Å². The summed E-state index contributed by atoms with van der Waals surface area (Å²) in [5, 5.41) is 11.5. The van der Waals surface area contributed by atoms with Gasteiger partial charge in [0.2, 0.25) is 0 Å². The molecule has 0 saturated heterocycles. The van der Waals surface area contributed by atoms with Crippen LogP contribution in [-0.2, 0) is 0 Å². The van der Waals surface area contributed by atoms with E-state index in [0.29, 0.717) is 0 Å². The Kier molecular flexibility index (Phi) is 2.97. The zero-order valence-electron chi connectivity index (χ0n) is 8.61. The fourth-order valence-electron chi connectivity index (χ4n) is 1.31. The average molecular weight is 231 g/mol. The van der Waals surface area contributed by atoms with Crippen LogP contribution < -0.4 is 5.32 Å². The molecule has 0 spiro atoms. The van der Waals surface area contributed by atoms with Crippen LogP contribution in [0.25, 0.3) is 0 Å². The topological polar surface area (TPSA) is 48.7 Å². The van der Waals surface area contributed by atoms with Crippen LogP contribution in [0.2, 0.25) is 0 Å². The van der Waals surface area contributed by atoms with Gasteiger partial charge in [0.1, 0.15) is 23.5 Å². The Morgan fingerprint density at radius 2 is 2.06 bits per heavy atom. The molecule has 0 fully saturated rings. The fraction of sp³-hybridized carbons (Fsp3) is 0. The van der Waals surface area contributed by atoms with Gasteiger partial charge in [0.25, 0.3) is 0 Å². The maximum absolute atomic E-state index is 13.4. The van der Waals surface area contributed by atoms with Crippen molar-refractivity contribution in [1.82, 2.24) is 4.98 Å². The second-order valence-corrected chi connectivity index (χ2v) is 3.26. The number of nitrogens with zero attached hydrogens (tertiary/aromatic N) is 2. The number of pyridine rings is 1. The predicted molar refractivity (Wildman–Crippen MR) is 58.6 cm³/mol. The SMILES string of the molecule is N#Cc1cccnc1Nc1ccc(F)cc1F. The van der Waals surface area contributed by atoms with Gasteiger partial charge in [0.15, 0.2) is 0 Å². The molecule has 17 heavy (non-hydrogen) atoms. The Hall–Kier alpha value is -2.48. The lowest BCUT2D eigenvalue weighted by Gasteiger charge is -2.07. The zero-order valence-corrected chi connectivity index (χ0v) is 8.61. The Balaban J connectivity index is 2.35. The summed E-state index contributed by atoms with van der Waals surface area (Å²) in [4.78, 5) is 3.91. The van der Waals surface area contributed by atoms with Gasteiger partial charge in [-0.15, -0.1) is 0 Å². The van der Waals surface area contributed by atoms with E-state index in [9.17, 15) is 8.78 Å². The van der Waals surface area contributed by atoms with Crippen molar-refractivity contribution in [3.05, 3.63) is 53.7 Å². The molecule has 0 bridgehead atoms. The van der Waals surface area contributed by atoms with Crippen LogP contribution in [0, 0.1) is 23.0 Å². The van der Waals surface area contributed by atoms with Crippen molar-refractivity contribution >= 4 is 11.5 Å². The Morgan fingerprint density at radius 1 is 1.24 bits per heavy atom. The fourth-order valence-corrected chi connectivity index (χ4v) is 1.31. The van der Waals surface area contributed by atoms with Crippen molar-refractivity contribution in [1.29, 1.82) is 5.26 Å². The Morgan fingerprint density at radius 3 is 2.76 bits per heavy atom. The highest BCUT2D eigenvalue weighted by Crippen LogP contribution is 2.21. The molecule has 84 valence electrons. The predicted octanol–water partition coefficient (Wildman–Crippen LogP) is 2.98. The van der Waals surface area contributed by atoms with E-state index >= 15 is 0 Å². The number of rotatable bonds is 2. The normalized spacial score (nSPS) is 9.71. The monoisotopic (exact) mass is 231 g/mol. The minimum Gasteiger partial charge on any atom is -0.337 e. The van der Waals surface area contributed by atoms with Crippen LogP contribution in [0.1, 0.15) is 5.56 Å². The molecule has 1 aromatic heterocycles. The van der Waals surface area contributed by atoms with Crippen molar-refractivity contribution in [2.75, 3.05) is 5.32 Å². The molecule has 3 nitrogen and oxygen atoms in total. The van der Waals surface area contributed by atoms with E-state index in [0.717, 1.165) is 12.1 Å². The highest BCUT2D eigenvalue weighted by atomic mass is 19.1. The molecule has 0 atom stereocenters. The van der Waals surface area contributed by atoms with Crippen molar-refractivity contribution in [3.8, 4) is 6.07 Å². The van der Waals surface area contributed by atoms with Gasteiger partial charge in [0, 0.05) is 12.3 Å². The first kappa shape index (κ1) is 11.0. The number of hydrogen-bond donors (Lipinski definition) is 1. The summed E-state index contributed by atoms with van der Waals surface area (Å²) in [6.07, 6.45) is 1.48. The molecule has 1 heterocycles. The molecule has 0 aliphatic carbocycles. The molecule has 1 aromatic carbocycles. The maximum atomic E-state index is 13.4. The van der Waals surface area contributed by atoms with E-state index in [-0.39, 0.29) is 17.1 Å². The Bertz CT molecular complexity index is 591. The molecule has 0 radical (unpaired) electrons. The third kappa shape index (κ3) is 2.37. The number of benzene rings is 1. The molecule has 1 N–H and O–H groups in total. The van der Waals surface area contributed by atoms with Crippen molar-refractivity contribution < 1.29 is 8.78 Å². The number of halogens is 2. The van der Waals surface area contributed by atoms with Gasteiger partial charge in [-0.25, -0.2) is 13.8 Å². The first-order chi connectivity index (χ1) is 8.20. The van der Waals surface area contributed by atoms with Crippen LogP contribution in [0.5, 0.6) is 0 Å². The van der Waals surface area contributed by atoms with Gasteiger partial charge in [-0.3, -0.25) is 0 Å². The van der Waals surface area contributed by atoms with Crippen LogP contribution in [-0.4, -0.2) is 4.98 Å². The smallest absolute Gasteiger partial charge is 0.149 e. The van der Waals surface area contributed by atoms with E-state index in [1.54, 1.807) is 12.1 Å². The number of nitriles is 1. The molecular weight excluding hydrogens is 224 g/mol. The van der Waals surface area contributed by atoms with Crippen molar-refractivity contribution in [3.63, 3.8) is 0 Å². The van der Waals surface area contributed by atoms with E-state index < -0.39 is 11.6 Å². The molecular formula is C12H7F2N3. The van der Waals surface area contributed by atoms with E-state index in [2.05, 4.69) is 10.3 Å². The molecule has 2 aromatic rings. The quantitative estimate of drug-likeness (QED) is 0.864. The average Bonchev–Trinajstić information content (AvgIpc) is 2.33.